The van der Waals surface area contributed by atoms with Gasteiger partial charge in [-0.05, 0) is 18.6 Å². The summed E-state index contributed by atoms with van der Waals surface area (Å²) in [6.45, 7) is 3.37. The molecule has 2 aliphatic rings. The third-order valence-corrected chi connectivity index (χ3v) is 5.32. The molecule has 0 aromatic heterocycles. The number of nitrogens with zero attached hydrogens (tertiary/aromatic N) is 1. The van der Waals surface area contributed by atoms with E-state index in [9.17, 15) is 19.2 Å². The fourth-order valence-electron chi connectivity index (χ4n) is 3.52. The van der Waals surface area contributed by atoms with Crippen LogP contribution in [0.2, 0.25) is 0 Å². The summed E-state index contributed by atoms with van der Waals surface area (Å²) in [4.78, 5) is 50.3. The minimum Gasteiger partial charge on any atom is -0.382 e. The number of hydrogen-bond acceptors (Lipinski definition) is 8. The van der Waals surface area contributed by atoms with Gasteiger partial charge in [0.2, 0.25) is 11.8 Å². The summed E-state index contributed by atoms with van der Waals surface area (Å²) in [5.74, 6) is -2.11. The van der Waals surface area contributed by atoms with E-state index in [2.05, 4.69) is 26.6 Å². The third kappa shape index (κ3) is 5.91. The zero-order chi connectivity index (χ0) is 22.9. The molecule has 32 heavy (non-hydrogen) atoms. The topological polar surface area (TPSA) is 123 Å². The molecule has 10 nitrogen and oxygen atoms in total. The fraction of sp³-hybridized carbons (Fsp3) is 0.524. The van der Waals surface area contributed by atoms with E-state index in [1.54, 1.807) is 18.2 Å². The molecule has 2 N–H and O–H groups in total. The highest BCUT2D eigenvalue weighted by Gasteiger charge is 2.45. The van der Waals surface area contributed by atoms with E-state index >= 15 is 0 Å². The molecule has 0 aliphatic carbocycles. The van der Waals surface area contributed by atoms with E-state index in [-0.39, 0.29) is 24.0 Å². The maximum absolute atomic E-state index is 13.0. The molecule has 2 heterocycles. The van der Waals surface area contributed by atoms with E-state index in [4.69, 9.17) is 14.2 Å². The molecule has 2 aliphatic heterocycles. The molecule has 1 atom stereocenters. The van der Waals surface area contributed by atoms with Gasteiger partial charge in [-0.2, -0.15) is 0 Å². The Morgan fingerprint density at radius 2 is 1.66 bits per heavy atom. The highest BCUT2D eigenvalue weighted by Crippen LogP contribution is 2.32. The Hall–Kier alpha value is -2.34. The van der Waals surface area contributed by atoms with E-state index < -0.39 is 29.7 Å². The molecular formula is C21H26BrN3O7. The first-order chi connectivity index (χ1) is 15.5. The van der Waals surface area contributed by atoms with E-state index in [0.717, 1.165) is 10.2 Å². The van der Waals surface area contributed by atoms with Gasteiger partial charge in [0.05, 0.1) is 50.8 Å². The Morgan fingerprint density at radius 3 is 2.34 bits per heavy atom. The van der Waals surface area contributed by atoms with Crippen molar-refractivity contribution in [3.05, 3.63) is 29.3 Å². The van der Waals surface area contributed by atoms with Crippen molar-refractivity contribution in [3.8, 4) is 0 Å². The Balaban J connectivity index is 1.47. The van der Waals surface area contributed by atoms with Gasteiger partial charge >= 0.3 is 0 Å². The number of benzene rings is 1. The average molecular weight is 512 g/mol. The molecule has 1 unspecified atom stereocenters. The molecule has 1 aromatic carbocycles. The molecule has 0 radical (unpaired) electrons. The van der Waals surface area contributed by atoms with Crippen LogP contribution in [0.1, 0.15) is 33.6 Å². The van der Waals surface area contributed by atoms with Gasteiger partial charge < -0.3 is 19.5 Å². The Bertz CT molecular complexity index is 864. The highest BCUT2D eigenvalue weighted by atomic mass is 79.9. The smallest absolute Gasteiger partial charge is 0.264 e. The van der Waals surface area contributed by atoms with Crippen molar-refractivity contribution >= 4 is 45.2 Å². The third-order valence-electron chi connectivity index (χ3n) is 5.00. The van der Waals surface area contributed by atoms with Crippen LogP contribution >= 0.6 is 15.9 Å². The van der Waals surface area contributed by atoms with Crippen LogP contribution in [0.5, 0.6) is 0 Å². The van der Waals surface area contributed by atoms with Crippen LogP contribution in [0.25, 0.3) is 0 Å². The number of hydrogen-bond donors (Lipinski definition) is 2. The summed E-state index contributed by atoms with van der Waals surface area (Å²) in [5.41, 5.74) is 0.967. The summed E-state index contributed by atoms with van der Waals surface area (Å²) >= 11 is 3.28. The zero-order valence-electron chi connectivity index (χ0n) is 17.6. The summed E-state index contributed by atoms with van der Waals surface area (Å²) < 4.78 is 16.2. The molecule has 0 saturated carbocycles. The predicted octanol–water partition coefficient (Wildman–Crippen LogP) is 0.944. The number of amides is 4. The second kappa shape index (κ2) is 12.0. The fourth-order valence-corrected chi connectivity index (χ4v) is 3.75. The number of halogens is 1. The van der Waals surface area contributed by atoms with Gasteiger partial charge in [-0.15, -0.1) is 0 Å². The van der Waals surface area contributed by atoms with Gasteiger partial charge in [-0.1, -0.05) is 22.0 Å². The Morgan fingerprint density at radius 1 is 0.969 bits per heavy atom. The Labute approximate surface area is 194 Å². The summed E-state index contributed by atoms with van der Waals surface area (Å²) in [5, 5.41) is 6.10. The first kappa shape index (κ1) is 24.3. The summed E-state index contributed by atoms with van der Waals surface area (Å²) in [6.07, 6.45) is 0.206. The van der Waals surface area contributed by atoms with Crippen molar-refractivity contribution < 1.29 is 33.4 Å². The molecule has 0 spiro atoms. The maximum atomic E-state index is 13.0. The normalized spacial score (nSPS) is 18.2. The highest BCUT2D eigenvalue weighted by molar-refractivity contribution is 9.09. The van der Waals surface area contributed by atoms with Crippen LogP contribution in [-0.2, 0) is 23.8 Å². The largest absolute Gasteiger partial charge is 0.382 e. The first-order valence-electron chi connectivity index (χ1n) is 10.4. The van der Waals surface area contributed by atoms with Gasteiger partial charge in [-0.25, -0.2) is 0 Å². The lowest BCUT2D eigenvalue weighted by Crippen LogP contribution is -2.54. The lowest BCUT2D eigenvalue weighted by atomic mass is 10.0. The average Bonchev–Trinajstić information content (AvgIpc) is 3.03. The lowest BCUT2D eigenvalue weighted by molar-refractivity contribution is -0.136. The number of imide groups is 2. The number of alkyl halides is 1. The van der Waals surface area contributed by atoms with Crippen molar-refractivity contribution in [2.24, 2.45) is 0 Å². The lowest BCUT2D eigenvalue weighted by Gasteiger charge is -2.27. The van der Waals surface area contributed by atoms with E-state index in [0.29, 0.717) is 51.9 Å². The number of rotatable bonds is 13. The van der Waals surface area contributed by atoms with Crippen molar-refractivity contribution in [2.75, 3.05) is 56.8 Å². The van der Waals surface area contributed by atoms with Crippen molar-refractivity contribution in [1.29, 1.82) is 0 Å². The molecule has 1 saturated heterocycles. The number of carbonyl (C=O) groups is 4. The molecule has 1 fully saturated rings. The number of carbonyl (C=O) groups excluding carboxylic acids is 4. The number of nitrogens with one attached hydrogen (secondary N) is 2. The van der Waals surface area contributed by atoms with Crippen LogP contribution in [0.4, 0.5) is 5.69 Å². The van der Waals surface area contributed by atoms with Crippen LogP contribution in [0, 0.1) is 0 Å². The second-order valence-corrected chi connectivity index (χ2v) is 7.92. The van der Waals surface area contributed by atoms with Gasteiger partial charge in [0.25, 0.3) is 11.8 Å². The van der Waals surface area contributed by atoms with Crippen LogP contribution in [-0.4, -0.2) is 86.1 Å². The van der Waals surface area contributed by atoms with Gasteiger partial charge in [0.15, 0.2) is 0 Å². The van der Waals surface area contributed by atoms with Crippen LogP contribution in [0.3, 0.4) is 0 Å². The Kier molecular flexibility index (Phi) is 9.15. The second-order valence-electron chi connectivity index (χ2n) is 7.13. The molecule has 3 rings (SSSR count). The van der Waals surface area contributed by atoms with Gasteiger partial charge in [-0.3, -0.25) is 29.4 Å². The number of ether oxygens (including phenoxy) is 3. The number of fused-ring (bicyclic) bond motifs is 1. The monoisotopic (exact) mass is 511 g/mol. The van der Waals surface area contributed by atoms with Crippen LogP contribution < -0.4 is 10.6 Å². The molecule has 1 aromatic rings. The quantitative estimate of drug-likeness (QED) is 0.228. The molecule has 0 bridgehead atoms. The summed E-state index contributed by atoms with van der Waals surface area (Å²) in [6, 6.07) is 3.95. The van der Waals surface area contributed by atoms with E-state index in [1.165, 1.54) is 0 Å². The van der Waals surface area contributed by atoms with Gasteiger partial charge in [0.1, 0.15) is 6.04 Å². The van der Waals surface area contributed by atoms with Crippen molar-refractivity contribution in [3.63, 3.8) is 0 Å². The predicted molar refractivity (Wildman–Crippen MR) is 118 cm³/mol. The standard InChI is InChI=1S/C21H26BrN3O7/c22-6-8-30-10-12-32-13-11-31-9-7-23-15-3-1-2-14-18(15)21(29)25(20(14)28)16-4-5-17(26)24-19(16)27/h1-3,16,23H,4-13H2,(H,24,26,27). The first-order valence-corrected chi connectivity index (χ1v) is 11.5. The molecule has 174 valence electrons. The maximum Gasteiger partial charge on any atom is 0.264 e. The molecular weight excluding hydrogens is 486 g/mol. The van der Waals surface area contributed by atoms with Crippen molar-refractivity contribution in [2.45, 2.75) is 18.9 Å². The van der Waals surface area contributed by atoms with Crippen molar-refractivity contribution in [1.82, 2.24) is 10.2 Å². The minimum atomic E-state index is -0.985. The molecule has 4 amide bonds. The number of piperidine rings is 1. The number of anilines is 1. The SMILES string of the molecule is O=C1CCC(N2C(=O)c3cccc(NCCOCCOCCOCCBr)c3C2=O)C(=O)N1. The minimum absolute atomic E-state index is 0.0832. The zero-order valence-corrected chi connectivity index (χ0v) is 19.1. The van der Waals surface area contributed by atoms with Crippen LogP contribution in [0.15, 0.2) is 18.2 Å². The molecule has 11 heteroatoms. The van der Waals surface area contributed by atoms with Gasteiger partial charge in [0, 0.05) is 24.0 Å². The summed E-state index contributed by atoms with van der Waals surface area (Å²) in [7, 11) is 0. The van der Waals surface area contributed by atoms with E-state index in [1.807, 2.05) is 0 Å².